The molecule has 0 unspecified atom stereocenters. The van der Waals surface area contributed by atoms with Gasteiger partial charge in [0, 0.05) is 11.1 Å². The Morgan fingerprint density at radius 2 is 1.72 bits per heavy atom. The van der Waals surface area contributed by atoms with Gasteiger partial charge in [-0.25, -0.2) is 0 Å². The van der Waals surface area contributed by atoms with Crippen LogP contribution in [0.5, 0.6) is 11.5 Å². The summed E-state index contributed by atoms with van der Waals surface area (Å²) in [4.78, 5) is 12.7. The van der Waals surface area contributed by atoms with E-state index in [1.165, 1.54) is 11.1 Å². The highest BCUT2D eigenvalue weighted by molar-refractivity contribution is 5.94. The first-order valence-electron chi connectivity index (χ1n) is 9.70. The van der Waals surface area contributed by atoms with Crippen molar-refractivity contribution in [3.05, 3.63) is 94.5 Å². The van der Waals surface area contributed by atoms with Gasteiger partial charge in [-0.1, -0.05) is 36.4 Å². The highest BCUT2D eigenvalue weighted by Crippen LogP contribution is 2.24. The van der Waals surface area contributed by atoms with Crippen LogP contribution in [-0.4, -0.2) is 13.0 Å². The average molecular weight is 389 g/mol. The van der Waals surface area contributed by atoms with Crippen molar-refractivity contribution in [1.82, 2.24) is 5.32 Å². The Balaban J connectivity index is 1.73. The summed E-state index contributed by atoms with van der Waals surface area (Å²) >= 11 is 0. The predicted octanol–water partition coefficient (Wildman–Crippen LogP) is 5.38. The normalized spacial score (nSPS) is 11.6. The third-order valence-electron chi connectivity index (χ3n) is 5.06. The minimum Gasteiger partial charge on any atom is -0.496 e. The van der Waals surface area contributed by atoms with Gasteiger partial charge < -0.3 is 14.8 Å². The summed E-state index contributed by atoms with van der Waals surface area (Å²) in [5.41, 5.74) is 4.87. The van der Waals surface area contributed by atoms with E-state index >= 15 is 0 Å². The van der Waals surface area contributed by atoms with E-state index in [1.807, 2.05) is 61.5 Å². The first-order chi connectivity index (χ1) is 14.0. The number of nitrogens with one attached hydrogen (secondary N) is 1. The molecule has 1 amide bonds. The van der Waals surface area contributed by atoms with Gasteiger partial charge in [-0.3, -0.25) is 4.79 Å². The number of amides is 1. The third kappa shape index (κ3) is 5.17. The zero-order valence-corrected chi connectivity index (χ0v) is 17.4. The van der Waals surface area contributed by atoms with Gasteiger partial charge in [0.15, 0.2) is 0 Å². The van der Waals surface area contributed by atoms with Gasteiger partial charge in [-0.05, 0) is 67.8 Å². The Bertz CT molecular complexity index is 983. The molecule has 0 aromatic heterocycles. The topological polar surface area (TPSA) is 47.6 Å². The van der Waals surface area contributed by atoms with Crippen molar-refractivity contribution in [2.75, 3.05) is 7.11 Å². The quantitative estimate of drug-likeness (QED) is 0.590. The van der Waals surface area contributed by atoms with Crippen LogP contribution in [0.2, 0.25) is 0 Å². The third-order valence-corrected chi connectivity index (χ3v) is 5.06. The molecule has 0 bridgehead atoms. The first-order valence-corrected chi connectivity index (χ1v) is 9.70. The number of carbonyl (C=O) groups is 1. The molecule has 29 heavy (non-hydrogen) atoms. The maximum atomic E-state index is 12.7. The Morgan fingerprint density at radius 3 is 2.41 bits per heavy atom. The van der Waals surface area contributed by atoms with Crippen molar-refractivity contribution in [1.29, 1.82) is 0 Å². The van der Waals surface area contributed by atoms with Crippen molar-refractivity contribution in [2.24, 2.45) is 0 Å². The summed E-state index contributed by atoms with van der Waals surface area (Å²) in [6, 6.07) is 21.2. The molecule has 0 aliphatic carbocycles. The van der Waals surface area contributed by atoms with Crippen LogP contribution in [0.15, 0.2) is 66.7 Å². The first kappa shape index (κ1) is 20.5. The van der Waals surface area contributed by atoms with Crippen LogP contribution in [0.4, 0.5) is 0 Å². The van der Waals surface area contributed by atoms with Gasteiger partial charge in [-0.15, -0.1) is 0 Å². The van der Waals surface area contributed by atoms with E-state index in [2.05, 4.69) is 19.2 Å². The van der Waals surface area contributed by atoms with Gasteiger partial charge in [0.2, 0.25) is 0 Å². The van der Waals surface area contributed by atoms with Crippen LogP contribution >= 0.6 is 0 Å². The summed E-state index contributed by atoms with van der Waals surface area (Å²) in [7, 11) is 1.62. The van der Waals surface area contributed by atoms with Gasteiger partial charge >= 0.3 is 0 Å². The van der Waals surface area contributed by atoms with Gasteiger partial charge in [0.1, 0.15) is 18.1 Å². The number of aryl methyl sites for hydroxylation is 2. The molecular weight excluding hydrogens is 362 g/mol. The lowest BCUT2D eigenvalue weighted by molar-refractivity contribution is 0.0939. The number of benzene rings is 3. The van der Waals surface area contributed by atoms with Crippen LogP contribution in [0.3, 0.4) is 0 Å². The standard InChI is InChI=1S/C25H27NO3/c1-17-10-12-23(14-18(17)2)29-16-22-15-21(11-13-24(22)28-4)25(27)26-19(3)20-8-6-5-7-9-20/h5-15,19H,16H2,1-4H3,(H,26,27)/t19-/m1/s1. The molecule has 4 heteroatoms. The van der Waals surface area contributed by atoms with E-state index in [9.17, 15) is 4.79 Å². The summed E-state index contributed by atoms with van der Waals surface area (Å²) in [5.74, 6) is 1.36. The van der Waals surface area contributed by atoms with Crippen LogP contribution in [0.25, 0.3) is 0 Å². The Morgan fingerprint density at radius 1 is 0.966 bits per heavy atom. The van der Waals surface area contributed by atoms with E-state index in [0.29, 0.717) is 17.9 Å². The van der Waals surface area contributed by atoms with Crippen LogP contribution in [0, 0.1) is 13.8 Å². The van der Waals surface area contributed by atoms with Crippen LogP contribution in [0.1, 0.15) is 45.6 Å². The van der Waals surface area contributed by atoms with Crippen molar-refractivity contribution in [3.63, 3.8) is 0 Å². The van der Waals surface area contributed by atoms with E-state index in [0.717, 1.165) is 16.9 Å². The maximum absolute atomic E-state index is 12.7. The Kier molecular flexibility index (Phi) is 6.55. The second kappa shape index (κ2) is 9.28. The molecule has 0 saturated heterocycles. The second-order valence-corrected chi connectivity index (χ2v) is 7.17. The lowest BCUT2D eigenvalue weighted by atomic mass is 10.1. The van der Waals surface area contributed by atoms with Crippen molar-refractivity contribution < 1.29 is 14.3 Å². The minimum absolute atomic E-state index is 0.0824. The smallest absolute Gasteiger partial charge is 0.251 e. The van der Waals surface area contributed by atoms with Crippen molar-refractivity contribution >= 4 is 5.91 Å². The number of methoxy groups -OCH3 is 1. The molecule has 3 aromatic carbocycles. The Labute approximate surface area is 172 Å². The monoisotopic (exact) mass is 389 g/mol. The number of carbonyl (C=O) groups excluding carboxylic acids is 1. The SMILES string of the molecule is COc1ccc(C(=O)N[C@H](C)c2ccccc2)cc1COc1ccc(C)c(C)c1. The molecule has 0 aliphatic rings. The fraction of sp³-hybridized carbons (Fsp3) is 0.240. The maximum Gasteiger partial charge on any atom is 0.251 e. The van der Waals surface area contributed by atoms with Crippen LogP contribution in [-0.2, 0) is 6.61 Å². The predicted molar refractivity (Wildman–Crippen MR) is 116 cm³/mol. The van der Waals surface area contributed by atoms with Crippen molar-refractivity contribution in [2.45, 2.75) is 33.4 Å². The zero-order chi connectivity index (χ0) is 20.8. The van der Waals surface area contributed by atoms with E-state index in [-0.39, 0.29) is 11.9 Å². The second-order valence-electron chi connectivity index (χ2n) is 7.17. The number of rotatable bonds is 7. The summed E-state index contributed by atoms with van der Waals surface area (Å²) in [6.07, 6.45) is 0. The molecule has 1 atom stereocenters. The molecule has 0 fully saturated rings. The number of ether oxygens (including phenoxy) is 2. The van der Waals surface area contributed by atoms with E-state index in [4.69, 9.17) is 9.47 Å². The molecule has 1 N–H and O–H groups in total. The molecule has 3 aromatic rings. The van der Waals surface area contributed by atoms with Gasteiger partial charge in [0.25, 0.3) is 5.91 Å². The van der Waals surface area contributed by atoms with Gasteiger partial charge in [-0.2, -0.15) is 0 Å². The lowest BCUT2D eigenvalue weighted by Gasteiger charge is -2.16. The average Bonchev–Trinajstić information content (AvgIpc) is 2.74. The lowest BCUT2D eigenvalue weighted by Crippen LogP contribution is -2.26. The minimum atomic E-state index is -0.128. The molecule has 0 spiro atoms. The molecule has 150 valence electrons. The molecule has 3 rings (SSSR count). The Hall–Kier alpha value is -3.27. The fourth-order valence-electron chi connectivity index (χ4n) is 3.10. The highest BCUT2D eigenvalue weighted by atomic mass is 16.5. The summed E-state index contributed by atoms with van der Waals surface area (Å²) in [6.45, 7) is 6.42. The zero-order valence-electron chi connectivity index (χ0n) is 17.4. The number of hydrogen-bond donors (Lipinski definition) is 1. The molecule has 0 radical (unpaired) electrons. The summed E-state index contributed by atoms with van der Waals surface area (Å²) in [5, 5.41) is 3.04. The molecule has 4 nitrogen and oxygen atoms in total. The largest absolute Gasteiger partial charge is 0.496 e. The molecule has 0 saturated carbocycles. The van der Waals surface area contributed by atoms with Gasteiger partial charge in [0.05, 0.1) is 13.2 Å². The fourth-order valence-corrected chi connectivity index (χ4v) is 3.10. The summed E-state index contributed by atoms with van der Waals surface area (Å²) < 4.78 is 11.4. The molecule has 0 heterocycles. The number of hydrogen-bond acceptors (Lipinski definition) is 3. The molecule has 0 aliphatic heterocycles. The highest BCUT2D eigenvalue weighted by Gasteiger charge is 2.14. The molecular formula is C25H27NO3. The van der Waals surface area contributed by atoms with Crippen LogP contribution < -0.4 is 14.8 Å². The van der Waals surface area contributed by atoms with E-state index in [1.54, 1.807) is 19.2 Å². The van der Waals surface area contributed by atoms with Crippen molar-refractivity contribution in [3.8, 4) is 11.5 Å². The van der Waals surface area contributed by atoms with E-state index < -0.39 is 0 Å².